The lowest BCUT2D eigenvalue weighted by Gasteiger charge is -2.05. The molecular weight excluding hydrogens is 409 g/mol. The molecule has 2 N–H and O–H groups in total. The number of rotatable bonds is 7. The lowest BCUT2D eigenvalue weighted by Crippen LogP contribution is -2.07. The topological polar surface area (TPSA) is 110 Å². The minimum atomic E-state index is -4.64. The Morgan fingerprint density at radius 3 is 2.79 bits per heavy atom. The van der Waals surface area contributed by atoms with Gasteiger partial charge in [0.2, 0.25) is 17.4 Å². The number of imidazole rings is 2. The number of hydrogen-bond donors (Lipinski definition) is 2. The van der Waals surface area contributed by atoms with Gasteiger partial charge in [-0.15, -0.1) is 0 Å². The van der Waals surface area contributed by atoms with Crippen LogP contribution in [0.4, 0.5) is 13.2 Å². The molecule has 13 heteroatoms. The van der Waals surface area contributed by atoms with Gasteiger partial charge < -0.3 is 9.72 Å². The maximum atomic E-state index is 12.9. The third kappa shape index (κ3) is 3.96. The van der Waals surface area contributed by atoms with Crippen LogP contribution in [-0.2, 0) is 17.5 Å². The van der Waals surface area contributed by atoms with Crippen LogP contribution in [0, 0.1) is 0 Å². The van der Waals surface area contributed by atoms with Crippen LogP contribution in [0.25, 0.3) is 28.7 Å². The Morgan fingerprint density at radius 2 is 2.10 bits per heavy atom. The highest BCUT2D eigenvalue weighted by Gasteiger charge is 2.36. The van der Waals surface area contributed by atoms with Crippen LogP contribution in [-0.4, -0.2) is 58.1 Å². The van der Waals surface area contributed by atoms with Crippen LogP contribution in [0.5, 0.6) is 0 Å². The maximum absolute atomic E-state index is 12.9. The number of aromatic nitrogens is 8. The Bertz CT molecular complexity index is 1110. The zero-order valence-corrected chi connectivity index (χ0v) is 15.9. The first-order valence-electron chi connectivity index (χ1n) is 8.39. The number of halogens is 3. The van der Waals surface area contributed by atoms with Gasteiger partial charge in [0.15, 0.2) is 0 Å². The molecule has 0 aliphatic carbocycles. The zero-order chi connectivity index (χ0) is 20.4. The van der Waals surface area contributed by atoms with Gasteiger partial charge >= 0.3 is 6.18 Å². The molecule has 9 nitrogen and oxygen atoms in total. The van der Waals surface area contributed by atoms with Gasteiger partial charge in [0.1, 0.15) is 11.4 Å². The average molecular weight is 424 g/mol. The molecule has 0 saturated carbocycles. The summed E-state index contributed by atoms with van der Waals surface area (Å²) < 4.78 is 46.0. The van der Waals surface area contributed by atoms with E-state index in [-0.39, 0.29) is 17.3 Å². The molecule has 0 aromatic carbocycles. The van der Waals surface area contributed by atoms with Gasteiger partial charge in [0, 0.05) is 23.7 Å². The van der Waals surface area contributed by atoms with Crippen molar-refractivity contribution in [1.82, 2.24) is 39.5 Å². The molecule has 0 unspecified atom stereocenters. The number of ether oxygens (including phenoxy) is 1. The second kappa shape index (κ2) is 7.83. The second-order valence-electron chi connectivity index (χ2n) is 5.96. The first kappa shape index (κ1) is 19.4. The van der Waals surface area contributed by atoms with E-state index in [1.54, 1.807) is 28.6 Å². The third-order valence-corrected chi connectivity index (χ3v) is 4.53. The summed E-state index contributed by atoms with van der Waals surface area (Å²) in [6.45, 7) is 0.942. The van der Waals surface area contributed by atoms with Crippen LogP contribution in [0.2, 0.25) is 0 Å². The second-order valence-corrected chi connectivity index (χ2v) is 6.94. The minimum Gasteiger partial charge on any atom is -0.376 e. The number of hydrogen-bond acceptors (Lipinski definition) is 7. The quantitative estimate of drug-likeness (QED) is 0.439. The largest absolute Gasteiger partial charge is 0.451 e. The highest BCUT2D eigenvalue weighted by atomic mass is 32.2. The lowest BCUT2D eigenvalue weighted by atomic mass is 10.2. The fourth-order valence-electron chi connectivity index (χ4n) is 2.67. The van der Waals surface area contributed by atoms with Gasteiger partial charge in [-0.25, -0.2) is 19.9 Å². The number of aromatic amines is 2. The van der Waals surface area contributed by atoms with E-state index in [0.29, 0.717) is 24.6 Å². The van der Waals surface area contributed by atoms with E-state index in [1.807, 2.05) is 11.4 Å². The highest BCUT2D eigenvalue weighted by molar-refractivity contribution is 7.98. The molecule has 4 aromatic rings. The van der Waals surface area contributed by atoms with Crippen molar-refractivity contribution in [2.24, 2.45) is 0 Å². The van der Waals surface area contributed by atoms with E-state index in [9.17, 15) is 13.2 Å². The number of H-pyrrole nitrogens is 2. The van der Waals surface area contributed by atoms with E-state index in [0.717, 1.165) is 11.3 Å². The Morgan fingerprint density at radius 1 is 1.24 bits per heavy atom. The van der Waals surface area contributed by atoms with Crippen LogP contribution in [0.15, 0.2) is 24.9 Å². The minimum absolute atomic E-state index is 0.147. The first-order valence-corrected chi connectivity index (χ1v) is 9.79. The lowest BCUT2D eigenvalue weighted by molar-refractivity contribution is -0.144. The van der Waals surface area contributed by atoms with Gasteiger partial charge in [-0.1, -0.05) is 0 Å². The van der Waals surface area contributed by atoms with Crippen molar-refractivity contribution in [2.75, 3.05) is 18.6 Å². The summed E-state index contributed by atoms with van der Waals surface area (Å²) in [5, 5.41) is 5.60. The summed E-state index contributed by atoms with van der Waals surface area (Å²) in [5.74, 6) is -0.228. The summed E-state index contributed by atoms with van der Waals surface area (Å²) in [7, 11) is 0. The third-order valence-electron chi connectivity index (χ3n) is 3.95. The van der Waals surface area contributed by atoms with Gasteiger partial charge in [-0.05, 0) is 6.26 Å². The fourth-order valence-corrected chi connectivity index (χ4v) is 2.96. The Labute approximate surface area is 166 Å². The number of nitrogens with one attached hydrogen (secondary N) is 2. The van der Waals surface area contributed by atoms with Crippen molar-refractivity contribution in [2.45, 2.75) is 12.8 Å². The van der Waals surface area contributed by atoms with E-state index in [2.05, 4.69) is 30.0 Å². The number of thioether (sulfide) groups is 1. The maximum Gasteiger partial charge on any atom is 0.451 e. The zero-order valence-electron chi connectivity index (χ0n) is 15.1. The molecule has 0 aliphatic rings. The summed E-state index contributed by atoms with van der Waals surface area (Å²) in [6, 6.07) is 0. The van der Waals surface area contributed by atoms with Gasteiger partial charge in [-0.2, -0.15) is 30.0 Å². The standard InChI is InChI=1S/C16H15F3N8OS/c1-29-3-2-28-7-9-4-21-15-23-11(13-24-14(26-25-13)16(17,18)19)12(27(15)6-9)10-5-20-8-22-10/h4-6,8H,2-3,7H2,1H3,(H,20,22)(H,24,25,26). The molecule has 29 heavy (non-hydrogen) atoms. The molecule has 0 radical (unpaired) electrons. The van der Waals surface area contributed by atoms with E-state index >= 15 is 0 Å². The molecule has 0 bridgehead atoms. The predicted octanol–water partition coefficient (Wildman–Crippen LogP) is 2.80. The highest BCUT2D eigenvalue weighted by Crippen LogP contribution is 2.32. The van der Waals surface area contributed by atoms with Crippen molar-refractivity contribution in [3.8, 4) is 22.9 Å². The van der Waals surface area contributed by atoms with Crippen LogP contribution in [0.1, 0.15) is 11.4 Å². The van der Waals surface area contributed by atoms with Crippen molar-refractivity contribution in [3.05, 3.63) is 36.3 Å². The molecule has 4 heterocycles. The number of fused-ring (bicyclic) bond motifs is 1. The molecule has 4 aromatic heterocycles. The molecule has 0 atom stereocenters. The van der Waals surface area contributed by atoms with Gasteiger partial charge in [-0.3, -0.25) is 9.50 Å². The van der Waals surface area contributed by atoms with Crippen molar-refractivity contribution < 1.29 is 17.9 Å². The van der Waals surface area contributed by atoms with E-state index < -0.39 is 12.0 Å². The molecule has 0 saturated heterocycles. The first-order chi connectivity index (χ1) is 14.0. The smallest absolute Gasteiger partial charge is 0.376 e. The molecule has 0 spiro atoms. The predicted molar refractivity (Wildman–Crippen MR) is 99.0 cm³/mol. The SMILES string of the molecule is CSCCOCc1cnc2nc(-c3n[nH]c(C(F)(F)F)n3)c(-c3cnc[nH]3)n2c1. The number of alkyl halides is 3. The summed E-state index contributed by atoms with van der Waals surface area (Å²) in [4.78, 5) is 19.1. The normalized spacial score (nSPS) is 12.1. The molecule has 0 aliphatic heterocycles. The van der Waals surface area contributed by atoms with Crippen LogP contribution < -0.4 is 0 Å². The van der Waals surface area contributed by atoms with Crippen LogP contribution in [0.3, 0.4) is 0 Å². The Balaban J connectivity index is 1.78. The Hall–Kier alpha value is -2.93. The summed E-state index contributed by atoms with van der Waals surface area (Å²) in [6.07, 6.45) is 3.73. The summed E-state index contributed by atoms with van der Waals surface area (Å²) >= 11 is 1.68. The summed E-state index contributed by atoms with van der Waals surface area (Å²) in [5.41, 5.74) is 1.92. The van der Waals surface area contributed by atoms with E-state index in [1.165, 1.54) is 12.5 Å². The molecule has 0 fully saturated rings. The van der Waals surface area contributed by atoms with E-state index in [4.69, 9.17) is 4.74 Å². The fraction of sp³-hybridized carbons (Fsp3) is 0.312. The Kier molecular flexibility index (Phi) is 5.24. The van der Waals surface area contributed by atoms with Gasteiger partial charge in [0.05, 0.1) is 31.4 Å². The molecule has 4 rings (SSSR count). The van der Waals surface area contributed by atoms with Crippen molar-refractivity contribution in [3.63, 3.8) is 0 Å². The molecule has 0 amide bonds. The van der Waals surface area contributed by atoms with Crippen molar-refractivity contribution >= 4 is 17.5 Å². The van der Waals surface area contributed by atoms with Crippen LogP contribution >= 0.6 is 11.8 Å². The van der Waals surface area contributed by atoms with Gasteiger partial charge in [0.25, 0.3) is 0 Å². The molecular formula is C16H15F3N8OS. The molecule has 152 valence electrons. The average Bonchev–Trinajstić information content (AvgIpc) is 3.42. The van der Waals surface area contributed by atoms with Crippen molar-refractivity contribution in [1.29, 1.82) is 0 Å². The number of nitrogens with zero attached hydrogens (tertiary/aromatic N) is 6. The monoisotopic (exact) mass is 424 g/mol.